The maximum absolute atomic E-state index is 14.6. The number of fused-ring (bicyclic) bond motifs is 2. The number of nitrogens with zero attached hydrogens (tertiary/aromatic N) is 3. The van der Waals surface area contributed by atoms with Crippen molar-refractivity contribution in [1.82, 2.24) is 15.1 Å². The number of nitrogen functional groups attached to an aromatic ring is 1. The van der Waals surface area contributed by atoms with Crippen molar-refractivity contribution in [2.75, 3.05) is 24.1 Å². The first-order valence-electron chi connectivity index (χ1n) is 10.6. The number of morpholine rings is 1. The molecule has 1 aromatic heterocycles. The van der Waals surface area contributed by atoms with Crippen LogP contribution in [0.1, 0.15) is 30.2 Å². The number of hydrogen-bond donors (Lipinski definition) is 2. The zero-order valence-electron chi connectivity index (χ0n) is 18.3. The Bertz CT molecular complexity index is 1190. The number of aromatic nitrogens is 2. The minimum Gasteiger partial charge on any atom is -0.399 e. The summed E-state index contributed by atoms with van der Waals surface area (Å²) in [7, 11) is 0. The van der Waals surface area contributed by atoms with Gasteiger partial charge < -0.3 is 20.7 Å². The van der Waals surface area contributed by atoms with E-state index in [1.165, 1.54) is 6.07 Å². The van der Waals surface area contributed by atoms with Crippen LogP contribution < -0.4 is 21.5 Å². The molecule has 4 heterocycles. The van der Waals surface area contributed by atoms with E-state index >= 15 is 0 Å². The van der Waals surface area contributed by atoms with Crippen LogP contribution in [0.15, 0.2) is 24.4 Å². The van der Waals surface area contributed by atoms with Gasteiger partial charge in [0, 0.05) is 53.4 Å². The highest BCUT2D eigenvalue weighted by molar-refractivity contribution is 5.54. The van der Waals surface area contributed by atoms with Gasteiger partial charge >= 0.3 is 6.18 Å². The Hall–Kier alpha value is -3.14. The molecule has 5 rings (SSSR count). The third-order valence-electron chi connectivity index (χ3n) is 5.92. The zero-order chi connectivity index (χ0) is 23.9. The van der Waals surface area contributed by atoms with Gasteiger partial charge in [-0.15, -0.1) is 5.10 Å². The summed E-state index contributed by atoms with van der Waals surface area (Å²) in [6, 6.07) is 1.76. The molecule has 0 spiro atoms. The number of rotatable bonds is 5. The number of aryl methyl sites for hydroxylation is 1. The standard InChI is InChI=1S/C23H25F4N5O/c1-4-18-13(3)30-31-22(19(18)5-12(2)32-10-16-8-17(11-32)33-16)29-9-14-6-15(28)7-20(21(14)24)23(25,26)27/h4-7,16-17H,2,8-11,28H2,1,3H3,(H,29,31)/b18-4-,19-5+. The Kier molecular flexibility index (Phi) is 6.04. The zero-order valence-corrected chi connectivity index (χ0v) is 18.3. The number of nitrogens with one attached hydrogen (secondary N) is 1. The van der Waals surface area contributed by atoms with Gasteiger partial charge in [0.2, 0.25) is 0 Å². The number of anilines is 2. The summed E-state index contributed by atoms with van der Waals surface area (Å²) in [5.74, 6) is -1.06. The fraction of sp³-hybridized carbons (Fsp3) is 0.391. The third-order valence-corrected chi connectivity index (χ3v) is 5.92. The fourth-order valence-electron chi connectivity index (χ4n) is 4.27. The topological polar surface area (TPSA) is 76.3 Å². The maximum atomic E-state index is 14.6. The van der Waals surface area contributed by atoms with E-state index in [4.69, 9.17) is 10.5 Å². The Labute approximate surface area is 188 Å². The molecule has 3 N–H and O–H groups in total. The third kappa shape index (κ3) is 4.66. The first kappa shape index (κ1) is 23.0. The molecule has 10 heteroatoms. The van der Waals surface area contributed by atoms with E-state index in [0.717, 1.165) is 30.4 Å². The summed E-state index contributed by atoms with van der Waals surface area (Å²) in [4.78, 5) is 2.13. The fourth-order valence-corrected chi connectivity index (χ4v) is 4.27. The maximum Gasteiger partial charge on any atom is 0.419 e. The van der Waals surface area contributed by atoms with Gasteiger partial charge in [-0.05, 0) is 32.1 Å². The molecule has 1 aromatic carbocycles. The van der Waals surface area contributed by atoms with Gasteiger partial charge in [0.1, 0.15) is 5.82 Å². The monoisotopic (exact) mass is 463 g/mol. The van der Waals surface area contributed by atoms with Crippen LogP contribution in [0, 0.1) is 12.7 Å². The van der Waals surface area contributed by atoms with Crippen LogP contribution in [0.3, 0.4) is 0 Å². The molecule has 3 aliphatic heterocycles. The van der Waals surface area contributed by atoms with Crippen molar-refractivity contribution in [2.45, 2.75) is 45.2 Å². The van der Waals surface area contributed by atoms with E-state index in [-0.39, 0.29) is 30.0 Å². The average Bonchev–Trinajstić information content (AvgIpc) is 2.74. The van der Waals surface area contributed by atoms with Gasteiger partial charge in [-0.1, -0.05) is 12.7 Å². The molecule has 0 aliphatic carbocycles. The predicted molar refractivity (Wildman–Crippen MR) is 118 cm³/mol. The van der Waals surface area contributed by atoms with E-state index in [0.29, 0.717) is 22.8 Å². The summed E-state index contributed by atoms with van der Waals surface area (Å²) in [5, 5.41) is 12.7. The number of halogens is 4. The Balaban J connectivity index is 1.67. The molecule has 0 saturated carbocycles. The molecule has 3 aliphatic rings. The summed E-state index contributed by atoms with van der Waals surface area (Å²) < 4.78 is 59.7. The summed E-state index contributed by atoms with van der Waals surface area (Å²) in [5.41, 5.74) is 5.24. The van der Waals surface area contributed by atoms with Crippen molar-refractivity contribution in [3.05, 3.63) is 57.5 Å². The molecular weight excluding hydrogens is 438 g/mol. The van der Waals surface area contributed by atoms with Crippen LogP contribution in [0.2, 0.25) is 0 Å². The number of benzene rings is 1. The van der Waals surface area contributed by atoms with Crippen LogP contribution in [-0.4, -0.2) is 40.4 Å². The largest absolute Gasteiger partial charge is 0.419 e. The summed E-state index contributed by atoms with van der Waals surface area (Å²) >= 11 is 0. The lowest BCUT2D eigenvalue weighted by atomic mass is 9.98. The molecule has 2 atom stereocenters. The van der Waals surface area contributed by atoms with Crippen molar-refractivity contribution in [3.8, 4) is 0 Å². The van der Waals surface area contributed by atoms with E-state index in [2.05, 4.69) is 27.0 Å². The molecule has 2 unspecified atom stereocenters. The van der Waals surface area contributed by atoms with E-state index in [1.54, 1.807) is 0 Å². The highest BCUT2D eigenvalue weighted by Crippen LogP contribution is 2.34. The van der Waals surface area contributed by atoms with E-state index < -0.39 is 17.6 Å². The Morgan fingerprint density at radius 2 is 1.94 bits per heavy atom. The van der Waals surface area contributed by atoms with Gasteiger partial charge in [-0.3, -0.25) is 0 Å². The predicted octanol–water partition coefficient (Wildman–Crippen LogP) is 2.70. The molecule has 33 heavy (non-hydrogen) atoms. The highest BCUT2D eigenvalue weighted by Gasteiger charge is 2.38. The van der Waals surface area contributed by atoms with Crippen molar-refractivity contribution >= 4 is 23.7 Å². The molecule has 176 valence electrons. The van der Waals surface area contributed by atoms with Gasteiger partial charge in [0.05, 0.1) is 23.5 Å². The minimum absolute atomic E-state index is 0.177. The number of piperidine rings is 1. The van der Waals surface area contributed by atoms with Crippen LogP contribution in [-0.2, 0) is 17.5 Å². The summed E-state index contributed by atoms with van der Waals surface area (Å²) in [6.07, 6.45) is 0.337. The molecule has 6 nitrogen and oxygen atoms in total. The van der Waals surface area contributed by atoms with Crippen molar-refractivity contribution < 1.29 is 22.3 Å². The minimum atomic E-state index is -4.85. The first-order chi connectivity index (χ1) is 15.6. The van der Waals surface area contributed by atoms with Gasteiger partial charge in [-0.25, -0.2) is 4.39 Å². The lowest BCUT2D eigenvalue weighted by Gasteiger charge is -2.48. The van der Waals surface area contributed by atoms with E-state index in [9.17, 15) is 17.6 Å². The van der Waals surface area contributed by atoms with Crippen molar-refractivity contribution in [2.24, 2.45) is 0 Å². The molecule has 0 amide bonds. The molecule has 3 saturated heterocycles. The quantitative estimate of drug-likeness (QED) is 0.525. The van der Waals surface area contributed by atoms with Gasteiger partial charge in [0.25, 0.3) is 0 Å². The van der Waals surface area contributed by atoms with Crippen molar-refractivity contribution in [3.63, 3.8) is 0 Å². The number of ether oxygens (including phenoxy) is 1. The summed E-state index contributed by atoms with van der Waals surface area (Å²) in [6.45, 7) is 9.07. The van der Waals surface area contributed by atoms with Crippen LogP contribution in [0.5, 0.6) is 0 Å². The van der Waals surface area contributed by atoms with Crippen LogP contribution in [0.4, 0.5) is 29.1 Å². The molecule has 0 radical (unpaired) electrons. The molecule has 3 fully saturated rings. The highest BCUT2D eigenvalue weighted by atomic mass is 19.4. The SMILES string of the molecule is C=C(/C=c1/c(NCc2cc(N)cc(C(F)(F)F)c2F)nnc(C)/c1=C/C)N1CC2CC(C1)O2. The van der Waals surface area contributed by atoms with Crippen LogP contribution in [0.25, 0.3) is 12.2 Å². The second-order valence-electron chi connectivity index (χ2n) is 8.30. The van der Waals surface area contributed by atoms with E-state index in [1.807, 2.05) is 26.0 Å². The first-order valence-corrected chi connectivity index (χ1v) is 10.6. The normalized spacial score (nSPS) is 21.2. The Morgan fingerprint density at radius 3 is 2.55 bits per heavy atom. The number of nitrogens with two attached hydrogens (primary N) is 1. The molecule has 2 aromatic rings. The van der Waals surface area contributed by atoms with Crippen LogP contribution >= 0.6 is 0 Å². The second kappa shape index (κ2) is 8.66. The lowest BCUT2D eigenvalue weighted by molar-refractivity contribution is -0.172. The smallest absolute Gasteiger partial charge is 0.399 e. The van der Waals surface area contributed by atoms with Gasteiger partial charge in [0.15, 0.2) is 5.82 Å². The number of alkyl halides is 3. The van der Waals surface area contributed by atoms with Crippen molar-refractivity contribution in [1.29, 1.82) is 0 Å². The lowest BCUT2D eigenvalue weighted by Crippen LogP contribution is -2.56. The molecule has 2 bridgehead atoms. The average molecular weight is 463 g/mol. The Morgan fingerprint density at radius 1 is 1.27 bits per heavy atom. The second-order valence-corrected chi connectivity index (χ2v) is 8.30. The van der Waals surface area contributed by atoms with Gasteiger partial charge in [-0.2, -0.15) is 18.3 Å². The number of allylic oxidation sites excluding steroid dienone is 1. The molecular formula is C23H25F4N5O. The number of hydrogen-bond acceptors (Lipinski definition) is 6.